The summed E-state index contributed by atoms with van der Waals surface area (Å²) in [5, 5.41) is 11.4. The van der Waals surface area contributed by atoms with Gasteiger partial charge in [-0.2, -0.15) is 0 Å². The van der Waals surface area contributed by atoms with Gasteiger partial charge in [0.2, 0.25) is 0 Å². The van der Waals surface area contributed by atoms with Gasteiger partial charge in [0.1, 0.15) is 5.82 Å². The number of benzene rings is 1. The number of carbonyl (C=O) groups excluding carboxylic acids is 1. The molecular formula is C15H18FNO3S. The minimum atomic E-state index is -0.885. The standard InChI is InChI=1S/C15H18FNO3S/c1-21(20)10-4-8-17-15(19)14-7-6-13(16)11-12(14)5-2-3-9-18/h6-7,11,18H,3-4,8-10H2,1H3,(H,17,19). The summed E-state index contributed by atoms with van der Waals surface area (Å²) in [7, 11) is -0.885. The number of hydrogen-bond acceptors (Lipinski definition) is 3. The molecule has 0 spiro atoms. The lowest BCUT2D eigenvalue weighted by Gasteiger charge is -2.07. The van der Waals surface area contributed by atoms with Crippen molar-refractivity contribution >= 4 is 16.7 Å². The normalized spacial score (nSPS) is 11.4. The van der Waals surface area contributed by atoms with Crippen LogP contribution in [0.3, 0.4) is 0 Å². The lowest BCUT2D eigenvalue weighted by Crippen LogP contribution is -2.26. The van der Waals surface area contributed by atoms with Crippen molar-refractivity contribution in [3.8, 4) is 11.8 Å². The Balaban J connectivity index is 2.74. The summed E-state index contributed by atoms with van der Waals surface area (Å²) < 4.78 is 24.1. The largest absolute Gasteiger partial charge is 0.395 e. The average Bonchev–Trinajstić information content (AvgIpc) is 2.43. The fourth-order valence-electron chi connectivity index (χ4n) is 1.60. The van der Waals surface area contributed by atoms with Crippen LogP contribution < -0.4 is 5.32 Å². The number of hydrogen-bond donors (Lipinski definition) is 2. The Morgan fingerprint density at radius 1 is 1.48 bits per heavy atom. The minimum Gasteiger partial charge on any atom is -0.395 e. The van der Waals surface area contributed by atoms with Gasteiger partial charge in [-0.1, -0.05) is 11.8 Å². The molecule has 0 saturated heterocycles. The smallest absolute Gasteiger partial charge is 0.252 e. The topological polar surface area (TPSA) is 66.4 Å². The third-order valence-electron chi connectivity index (χ3n) is 2.58. The van der Waals surface area contributed by atoms with Crippen molar-refractivity contribution in [3.63, 3.8) is 0 Å². The van der Waals surface area contributed by atoms with Gasteiger partial charge in [0.15, 0.2) is 0 Å². The Bertz CT molecular complexity index is 578. The Morgan fingerprint density at radius 3 is 2.90 bits per heavy atom. The molecule has 0 fully saturated rings. The van der Waals surface area contributed by atoms with Crippen molar-refractivity contribution < 1.29 is 18.5 Å². The van der Waals surface area contributed by atoms with Crippen LogP contribution in [0.1, 0.15) is 28.8 Å². The number of aliphatic hydroxyl groups is 1. The van der Waals surface area contributed by atoms with Crippen LogP contribution in [0.15, 0.2) is 18.2 Å². The van der Waals surface area contributed by atoms with Gasteiger partial charge < -0.3 is 10.4 Å². The first kappa shape index (κ1) is 17.3. The number of amides is 1. The van der Waals surface area contributed by atoms with E-state index in [4.69, 9.17) is 5.11 Å². The predicted octanol–water partition coefficient (Wildman–Crippen LogP) is 1.06. The van der Waals surface area contributed by atoms with E-state index in [2.05, 4.69) is 17.2 Å². The van der Waals surface area contributed by atoms with Crippen LogP contribution in [0.5, 0.6) is 0 Å². The van der Waals surface area contributed by atoms with E-state index in [1.807, 2.05) is 0 Å². The van der Waals surface area contributed by atoms with E-state index >= 15 is 0 Å². The molecule has 0 heterocycles. The molecule has 1 unspecified atom stereocenters. The molecule has 4 nitrogen and oxygen atoms in total. The van der Waals surface area contributed by atoms with Crippen molar-refractivity contribution in [1.82, 2.24) is 5.32 Å². The first-order valence-electron chi connectivity index (χ1n) is 6.52. The molecule has 0 aliphatic heterocycles. The highest BCUT2D eigenvalue weighted by molar-refractivity contribution is 7.84. The molecule has 1 rings (SSSR count). The number of carbonyl (C=O) groups is 1. The highest BCUT2D eigenvalue weighted by Gasteiger charge is 2.10. The molecule has 0 aliphatic rings. The maximum absolute atomic E-state index is 13.2. The molecule has 21 heavy (non-hydrogen) atoms. The fourth-order valence-corrected chi connectivity index (χ4v) is 2.15. The van der Waals surface area contributed by atoms with Crippen molar-refractivity contribution in [2.24, 2.45) is 0 Å². The van der Waals surface area contributed by atoms with Crippen LogP contribution in [-0.4, -0.2) is 40.4 Å². The molecule has 1 atom stereocenters. The summed E-state index contributed by atoms with van der Waals surface area (Å²) in [5.41, 5.74) is 0.583. The zero-order valence-corrected chi connectivity index (χ0v) is 12.6. The summed E-state index contributed by atoms with van der Waals surface area (Å²) in [6, 6.07) is 3.78. The van der Waals surface area contributed by atoms with E-state index in [0.717, 1.165) is 0 Å². The van der Waals surface area contributed by atoms with E-state index < -0.39 is 16.6 Å². The molecule has 1 aromatic rings. The van der Waals surface area contributed by atoms with Gasteiger partial charge in [-0.25, -0.2) is 4.39 Å². The highest BCUT2D eigenvalue weighted by Crippen LogP contribution is 2.10. The van der Waals surface area contributed by atoms with E-state index in [1.54, 1.807) is 6.26 Å². The molecule has 0 bridgehead atoms. The van der Waals surface area contributed by atoms with Crippen LogP contribution in [0.25, 0.3) is 0 Å². The van der Waals surface area contributed by atoms with Crippen LogP contribution >= 0.6 is 0 Å². The molecule has 0 saturated carbocycles. The van der Waals surface area contributed by atoms with Gasteiger partial charge in [-0.05, 0) is 24.6 Å². The summed E-state index contributed by atoms with van der Waals surface area (Å²) >= 11 is 0. The van der Waals surface area contributed by atoms with Crippen molar-refractivity contribution in [2.45, 2.75) is 12.8 Å². The fraction of sp³-hybridized carbons (Fsp3) is 0.400. The molecule has 0 radical (unpaired) electrons. The Morgan fingerprint density at radius 2 is 2.24 bits per heavy atom. The lowest BCUT2D eigenvalue weighted by atomic mass is 10.1. The molecule has 114 valence electrons. The van der Waals surface area contributed by atoms with E-state index in [9.17, 15) is 13.4 Å². The summed E-state index contributed by atoms with van der Waals surface area (Å²) in [5.74, 6) is 5.06. The second-order valence-electron chi connectivity index (χ2n) is 4.35. The second-order valence-corrected chi connectivity index (χ2v) is 5.91. The molecule has 0 aliphatic carbocycles. The molecule has 0 aromatic heterocycles. The average molecular weight is 311 g/mol. The van der Waals surface area contributed by atoms with Crippen LogP contribution in [0.4, 0.5) is 4.39 Å². The minimum absolute atomic E-state index is 0.0853. The lowest BCUT2D eigenvalue weighted by molar-refractivity contribution is 0.0953. The Kier molecular flexibility index (Phi) is 7.65. The first-order chi connectivity index (χ1) is 10.0. The molecule has 2 N–H and O–H groups in total. The Labute approximate surface area is 126 Å². The van der Waals surface area contributed by atoms with Gasteiger partial charge >= 0.3 is 0 Å². The third-order valence-corrected chi connectivity index (χ3v) is 3.44. The third kappa shape index (κ3) is 6.52. The maximum atomic E-state index is 13.2. The molecule has 1 aromatic carbocycles. The maximum Gasteiger partial charge on any atom is 0.252 e. The van der Waals surface area contributed by atoms with Crippen LogP contribution in [-0.2, 0) is 10.8 Å². The van der Waals surface area contributed by atoms with Gasteiger partial charge in [0.05, 0.1) is 12.2 Å². The van der Waals surface area contributed by atoms with E-state index in [1.165, 1.54) is 18.2 Å². The van der Waals surface area contributed by atoms with Crippen LogP contribution in [0.2, 0.25) is 0 Å². The molecule has 6 heteroatoms. The number of rotatable bonds is 6. The summed E-state index contributed by atoms with van der Waals surface area (Å²) in [6.07, 6.45) is 2.48. The molecular weight excluding hydrogens is 293 g/mol. The van der Waals surface area contributed by atoms with Gasteiger partial charge in [0.25, 0.3) is 5.91 Å². The highest BCUT2D eigenvalue weighted by atomic mass is 32.2. The predicted molar refractivity (Wildman–Crippen MR) is 80.9 cm³/mol. The summed E-state index contributed by atoms with van der Waals surface area (Å²) in [4.78, 5) is 12.0. The zero-order chi connectivity index (χ0) is 15.7. The Hall–Kier alpha value is -1.71. The van der Waals surface area contributed by atoms with E-state index in [0.29, 0.717) is 29.8 Å². The zero-order valence-electron chi connectivity index (χ0n) is 11.8. The van der Waals surface area contributed by atoms with Crippen molar-refractivity contribution in [2.75, 3.05) is 25.2 Å². The second kappa shape index (κ2) is 9.27. The van der Waals surface area contributed by atoms with Crippen molar-refractivity contribution in [3.05, 3.63) is 35.1 Å². The van der Waals surface area contributed by atoms with Gasteiger partial charge in [-0.3, -0.25) is 9.00 Å². The number of nitrogens with one attached hydrogen (secondary N) is 1. The van der Waals surface area contributed by atoms with Crippen molar-refractivity contribution in [1.29, 1.82) is 0 Å². The monoisotopic (exact) mass is 311 g/mol. The SMILES string of the molecule is CS(=O)CCCNC(=O)c1ccc(F)cc1C#CCCO. The summed E-state index contributed by atoms with van der Waals surface area (Å²) in [6.45, 7) is 0.317. The van der Waals surface area contributed by atoms with Gasteiger partial charge in [0, 0.05) is 41.3 Å². The first-order valence-corrected chi connectivity index (χ1v) is 8.25. The number of aliphatic hydroxyl groups excluding tert-OH is 1. The number of halogens is 1. The van der Waals surface area contributed by atoms with Crippen LogP contribution in [0, 0.1) is 17.7 Å². The van der Waals surface area contributed by atoms with Gasteiger partial charge in [-0.15, -0.1) is 0 Å². The van der Waals surface area contributed by atoms with E-state index in [-0.39, 0.29) is 18.9 Å². The molecule has 1 amide bonds. The quantitative estimate of drug-likeness (QED) is 0.610.